The van der Waals surface area contributed by atoms with E-state index < -0.39 is 0 Å². The Balaban J connectivity index is 1.89. The fraction of sp³-hybridized carbons (Fsp3) is 0.462. The molecule has 0 radical (unpaired) electrons. The van der Waals surface area contributed by atoms with Gasteiger partial charge in [-0.2, -0.15) is 0 Å². The predicted octanol–water partition coefficient (Wildman–Crippen LogP) is 1.78. The van der Waals surface area contributed by atoms with Crippen molar-refractivity contribution in [3.8, 4) is 0 Å². The van der Waals surface area contributed by atoms with Crippen LogP contribution in [-0.4, -0.2) is 25.5 Å². The summed E-state index contributed by atoms with van der Waals surface area (Å²) in [5, 5.41) is 6.84. The van der Waals surface area contributed by atoms with Crippen LogP contribution in [-0.2, 0) is 4.79 Å². The van der Waals surface area contributed by atoms with Gasteiger partial charge in [0.2, 0.25) is 5.91 Å². The Morgan fingerprint density at radius 3 is 2.94 bits per heavy atom. The van der Waals surface area contributed by atoms with Crippen LogP contribution in [0.4, 0.5) is 0 Å². The molecule has 0 aliphatic carbocycles. The highest BCUT2D eigenvalue weighted by Gasteiger charge is 2.20. The van der Waals surface area contributed by atoms with E-state index in [0.29, 0.717) is 10.9 Å². The van der Waals surface area contributed by atoms with E-state index in [-0.39, 0.29) is 11.8 Å². The van der Waals surface area contributed by atoms with Gasteiger partial charge in [0.25, 0.3) is 0 Å². The molecule has 1 atom stereocenters. The lowest BCUT2D eigenvalue weighted by Crippen LogP contribution is -2.48. The number of nitrogens with one attached hydrogen (secondary N) is 2. The van der Waals surface area contributed by atoms with E-state index >= 15 is 0 Å². The molecule has 3 nitrogen and oxygen atoms in total. The van der Waals surface area contributed by atoms with Crippen molar-refractivity contribution in [1.82, 2.24) is 10.6 Å². The lowest BCUT2D eigenvalue weighted by atomic mass is 9.99. The van der Waals surface area contributed by atoms with Crippen LogP contribution in [0.2, 0.25) is 5.02 Å². The lowest BCUT2D eigenvalue weighted by Gasteiger charge is -2.27. The zero-order valence-corrected chi connectivity index (χ0v) is 10.6. The highest BCUT2D eigenvalue weighted by atomic mass is 35.5. The third-order valence-corrected chi connectivity index (χ3v) is 3.41. The van der Waals surface area contributed by atoms with E-state index in [0.717, 1.165) is 25.2 Å². The summed E-state index contributed by atoms with van der Waals surface area (Å²) in [5.41, 5.74) is 0.960. The van der Waals surface area contributed by atoms with Crippen LogP contribution in [0.15, 0.2) is 24.3 Å². The van der Waals surface area contributed by atoms with E-state index in [2.05, 4.69) is 10.6 Å². The topological polar surface area (TPSA) is 41.1 Å². The highest BCUT2D eigenvalue weighted by Crippen LogP contribution is 2.19. The van der Waals surface area contributed by atoms with Gasteiger partial charge in [0.1, 0.15) is 0 Å². The van der Waals surface area contributed by atoms with Gasteiger partial charge in [0, 0.05) is 30.6 Å². The third-order valence-electron chi connectivity index (χ3n) is 3.17. The summed E-state index contributed by atoms with van der Waals surface area (Å²) in [6.07, 6.45) is 0. The van der Waals surface area contributed by atoms with E-state index in [4.69, 9.17) is 11.6 Å². The van der Waals surface area contributed by atoms with Gasteiger partial charge >= 0.3 is 0 Å². The van der Waals surface area contributed by atoms with E-state index in [1.807, 2.05) is 31.2 Å². The Kier molecular flexibility index (Phi) is 4.02. The van der Waals surface area contributed by atoms with Crippen LogP contribution in [0.25, 0.3) is 0 Å². The molecule has 17 heavy (non-hydrogen) atoms. The molecule has 2 rings (SSSR count). The first-order valence-corrected chi connectivity index (χ1v) is 6.28. The summed E-state index contributed by atoms with van der Waals surface area (Å²) in [5.74, 6) is 0.506. The molecule has 0 spiro atoms. The van der Waals surface area contributed by atoms with Crippen LogP contribution < -0.4 is 10.6 Å². The summed E-state index contributed by atoms with van der Waals surface area (Å²) in [6, 6.07) is 7.46. The first-order chi connectivity index (χ1) is 8.16. The van der Waals surface area contributed by atoms with Crippen molar-refractivity contribution in [2.24, 2.45) is 5.92 Å². The van der Waals surface area contributed by atoms with E-state index in [1.165, 1.54) is 0 Å². The Labute approximate surface area is 107 Å². The molecule has 4 heteroatoms. The first-order valence-electron chi connectivity index (χ1n) is 5.90. The fourth-order valence-corrected chi connectivity index (χ4v) is 2.02. The number of halogens is 1. The molecule has 1 aliphatic rings. The van der Waals surface area contributed by atoms with Crippen LogP contribution in [0.5, 0.6) is 0 Å². The molecule has 92 valence electrons. The van der Waals surface area contributed by atoms with Crippen molar-refractivity contribution in [2.75, 3.05) is 19.6 Å². The van der Waals surface area contributed by atoms with Crippen LogP contribution in [0, 0.1) is 5.92 Å². The quantitative estimate of drug-likeness (QED) is 0.858. The van der Waals surface area contributed by atoms with Crippen molar-refractivity contribution < 1.29 is 4.79 Å². The zero-order valence-electron chi connectivity index (χ0n) is 9.87. The molecule has 1 aliphatic heterocycles. The van der Waals surface area contributed by atoms with Gasteiger partial charge in [-0.3, -0.25) is 4.79 Å². The second-order valence-electron chi connectivity index (χ2n) is 4.55. The summed E-state index contributed by atoms with van der Waals surface area (Å²) in [4.78, 5) is 11.9. The third kappa shape index (κ3) is 3.20. The Morgan fingerprint density at radius 2 is 2.35 bits per heavy atom. The van der Waals surface area contributed by atoms with Crippen molar-refractivity contribution >= 4 is 17.5 Å². The number of amides is 1. The van der Waals surface area contributed by atoms with E-state index in [9.17, 15) is 4.79 Å². The molecular formula is C13H17ClN2O. The standard InChI is InChI=1S/C13H17ClN2O/c1-9(11-3-2-4-12(14)5-11)13(17)16-8-10-6-15-7-10/h2-5,9-10,15H,6-8H2,1H3,(H,16,17). The summed E-state index contributed by atoms with van der Waals surface area (Å²) in [6.45, 7) is 4.68. The van der Waals surface area contributed by atoms with Crippen LogP contribution >= 0.6 is 11.6 Å². The second kappa shape index (κ2) is 5.52. The number of carbonyl (C=O) groups is 1. The molecule has 1 aromatic rings. The smallest absolute Gasteiger partial charge is 0.227 e. The molecule has 0 saturated carbocycles. The maximum absolute atomic E-state index is 11.9. The molecule has 2 N–H and O–H groups in total. The molecule has 1 aromatic carbocycles. The molecule has 1 heterocycles. The van der Waals surface area contributed by atoms with Gasteiger partial charge in [-0.15, -0.1) is 0 Å². The first kappa shape index (κ1) is 12.4. The molecule has 1 amide bonds. The minimum atomic E-state index is -0.151. The normalized spacial score (nSPS) is 17.3. The van der Waals surface area contributed by atoms with Gasteiger partial charge in [0.05, 0.1) is 5.92 Å². The van der Waals surface area contributed by atoms with Crippen LogP contribution in [0.1, 0.15) is 18.4 Å². The number of hydrogen-bond donors (Lipinski definition) is 2. The molecule has 1 fully saturated rings. The molecule has 1 saturated heterocycles. The molecule has 1 unspecified atom stereocenters. The van der Waals surface area contributed by atoms with Crippen molar-refractivity contribution in [2.45, 2.75) is 12.8 Å². The average Bonchev–Trinajstić information content (AvgIpc) is 2.25. The maximum atomic E-state index is 11.9. The number of carbonyl (C=O) groups excluding carboxylic acids is 1. The van der Waals surface area contributed by atoms with Gasteiger partial charge in [-0.25, -0.2) is 0 Å². The van der Waals surface area contributed by atoms with Gasteiger partial charge in [-0.1, -0.05) is 23.7 Å². The Hall–Kier alpha value is -1.06. The van der Waals surface area contributed by atoms with Gasteiger partial charge in [0.15, 0.2) is 0 Å². The summed E-state index contributed by atoms with van der Waals surface area (Å²) < 4.78 is 0. The minimum absolute atomic E-state index is 0.0687. The highest BCUT2D eigenvalue weighted by molar-refractivity contribution is 6.30. The fourth-order valence-electron chi connectivity index (χ4n) is 1.82. The molecule has 0 aromatic heterocycles. The Morgan fingerprint density at radius 1 is 1.59 bits per heavy atom. The summed E-state index contributed by atoms with van der Waals surface area (Å²) >= 11 is 5.91. The number of rotatable bonds is 4. The van der Waals surface area contributed by atoms with Crippen molar-refractivity contribution in [3.05, 3.63) is 34.9 Å². The van der Waals surface area contributed by atoms with Crippen molar-refractivity contribution in [1.29, 1.82) is 0 Å². The lowest BCUT2D eigenvalue weighted by molar-refractivity contribution is -0.122. The van der Waals surface area contributed by atoms with Gasteiger partial charge in [-0.05, 0) is 24.6 Å². The predicted molar refractivity (Wildman–Crippen MR) is 69.2 cm³/mol. The second-order valence-corrected chi connectivity index (χ2v) is 4.98. The Bertz CT molecular complexity index is 404. The van der Waals surface area contributed by atoms with Crippen molar-refractivity contribution in [3.63, 3.8) is 0 Å². The zero-order chi connectivity index (χ0) is 12.3. The van der Waals surface area contributed by atoms with Gasteiger partial charge < -0.3 is 10.6 Å². The van der Waals surface area contributed by atoms with Crippen LogP contribution in [0.3, 0.4) is 0 Å². The maximum Gasteiger partial charge on any atom is 0.227 e. The molecular weight excluding hydrogens is 236 g/mol. The van der Waals surface area contributed by atoms with E-state index in [1.54, 1.807) is 0 Å². The minimum Gasteiger partial charge on any atom is -0.355 e. The monoisotopic (exact) mass is 252 g/mol. The number of hydrogen-bond acceptors (Lipinski definition) is 2. The summed E-state index contributed by atoms with van der Waals surface area (Å²) in [7, 11) is 0. The largest absolute Gasteiger partial charge is 0.355 e. The molecule has 0 bridgehead atoms. The SMILES string of the molecule is CC(C(=O)NCC1CNC1)c1cccc(Cl)c1. The number of benzene rings is 1. The average molecular weight is 253 g/mol.